The average Bonchev–Trinajstić information content (AvgIpc) is 3.38. The molecule has 342 valence electrons. The summed E-state index contributed by atoms with van der Waals surface area (Å²) in [5, 5.41) is 84.2. The molecule has 1 aliphatic heterocycles. The van der Waals surface area contributed by atoms with Crippen molar-refractivity contribution >= 4 is 17.7 Å². The molecule has 1 saturated heterocycles. The number of hydrogen-bond donors (Lipinski definition) is 8. The minimum atomic E-state index is -2.35. The number of halogens is 2. The molecular formula is C45H72F2N2O11. The molecule has 0 radical (unpaired) electrons. The normalized spacial score (nSPS) is 50.6. The zero-order valence-electron chi connectivity index (χ0n) is 37.1. The molecule has 0 bridgehead atoms. The van der Waals surface area contributed by atoms with Gasteiger partial charge in [-0.05, 0) is 109 Å². The molecule has 0 aromatic rings. The maximum Gasteiger partial charge on any atom is 0.311 e. The number of ketones is 1. The first-order valence-corrected chi connectivity index (χ1v) is 22.0. The van der Waals surface area contributed by atoms with Crippen LogP contribution >= 0.6 is 0 Å². The first-order chi connectivity index (χ1) is 27.6. The third kappa shape index (κ3) is 7.72. The lowest BCUT2D eigenvalue weighted by molar-refractivity contribution is -0.223. The maximum absolute atomic E-state index is 17.7. The summed E-state index contributed by atoms with van der Waals surface area (Å²) in [6, 6.07) is -0.764. The third-order valence-corrected chi connectivity index (χ3v) is 16.2. The van der Waals surface area contributed by atoms with Crippen molar-refractivity contribution in [2.24, 2.45) is 46.3 Å². The highest BCUT2D eigenvalue weighted by atomic mass is 19.1. The van der Waals surface area contributed by atoms with Crippen molar-refractivity contribution in [3.8, 4) is 0 Å². The highest BCUT2D eigenvalue weighted by Crippen LogP contribution is 2.71. The van der Waals surface area contributed by atoms with Crippen molar-refractivity contribution < 1.29 is 63.6 Å². The Hall–Kier alpha value is -2.37. The number of fused-ring (bicyclic) bond motifs is 5. The first-order valence-electron chi connectivity index (χ1n) is 22.0. The van der Waals surface area contributed by atoms with E-state index in [1.165, 1.54) is 46.8 Å². The Balaban J connectivity index is 1.35. The lowest BCUT2D eigenvalue weighted by Crippen LogP contribution is -2.71. The summed E-state index contributed by atoms with van der Waals surface area (Å²) in [4.78, 5) is 41.6. The summed E-state index contributed by atoms with van der Waals surface area (Å²) in [6.45, 7) is 16.5. The molecule has 0 spiro atoms. The number of aliphatic hydroxyl groups excluding tert-OH is 4. The fourth-order valence-corrected chi connectivity index (χ4v) is 12.5. The summed E-state index contributed by atoms with van der Waals surface area (Å²) in [7, 11) is 0. The Morgan fingerprint density at radius 2 is 1.58 bits per heavy atom. The molecule has 19 atom stereocenters. The topological polar surface area (TPSA) is 217 Å². The summed E-state index contributed by atoms with van der Waals surface area (Å²) in [5.74, 6) is -6.77. The molecule has 4 aliphatic carbocycles. The standard InChI is InChI=1S/C45H72F2N2O11/c1-11-34-43(10,58)37(54)27(6)49(22-23(2)20-42(9,57)36(53)25(4)35(52)26(5)38(55)60-34)16-12-15-48-39(56)45(59)24(3)17-29-30-19-32(46)31-18-28(50)13-14-40(31,7)44(30,47)33(51)21-41(29,45)8/h13-14,18,23-27,29-30,32-37,51-54,57-59H,11-12,15-17,19-22H2,1-10H3,(H,48,56)/t23-,24-,25+,26-,27-,29?,30?,32+,33+,34-,35+,36-,37-,40+,41+,42-,43-,44+,45+/m1/s1. The Morgan fingerprint density at radius 1 is 0.950 bits per heavy atom. The molecule has 3 saturated carbocycles. The van der Waals surface area contributed by atoms with Gasteiger partial charge in [-0.2, -0.15) is 0 Å². The van der Waals surface area contributed by atoms with E-state index in [1.54, 1.807) is 27.7 Å². The molecule has 15 heteroatoms. The number of nitrogens with zero attached hydrogens (tertiary/aromatic N) is 1. The Bertz CT molecular complexity index is 1690. The smallest absolute Gasteiger partial charge is 0.311 e. The van der Waals surface area contributed by atoms with E-state index in [9.17, 15) is 50.1 Å². The summed E-state index contributed by atoms with van der Waals surface area (Å²) in [6.07, 6.45) is -4.98. The van der Waals surface area contributed by atoms with Gasteiger partial charge in [0.15, 0.2) is 17.1 Å². The number of cyclic esters (lactones) is 1. The van der Waals surface area contributed by atoms with Crippen LogP contribution < -0.4 is 5.32 Å². The molecule has 5 aliphatic rings. The van der Waals surface area contributed by atoms with E-state index >= 15 is 8.78 Å². The summed E-state index contributed by atoms with van der Waals surface area (Å²) in [5.41, 5.74) is -11.0. The van der Waals surface area contributed by atoms with Gasteiger partial charge in [0, 0.05) is 48.3 Å². The Morgan fingerprint density at radius 3 is 2.20 bits per heavy atom. The van der Waals surface area contributed by atoms with Gasteiger partial charge in [0.25, 0.3) is 5.91 Å². The zero-order valence-corrected chi connectivity index (χ0v) is 37.1. The number of carbonyl (C=O) groups is 3. The van der Waals surface area contributed by atoms with Gasteiger partial charge in [0.1, 0.15) is 24.0 Å². The van der Waals surface area contributed by atoms with Crippen LogP contribution in [0.25, 0.3) is 0 Å². The van der Waals surface area contributed by atoms with Gasteiger partial charge in [-0.15, -0.1) is 0 Å². The number of allylic oxidation sites excluding steroid dienone is 4. The van der Waals surface area contributed by atoms with Gasteiger partial charge in [-0.1, -0.05) is 40.7 Å². The molecular weight excluding hydrogens is 782 g/mol. The Labute approximate surface area is 353 Å². The molecule has 0 aromatic heterocycles. The van der Waals surface area contributed by atoms with Gasteiger partial charge >= 0.3 is 5.97 Å². The predicted octanol–water partition coefficient (Wildman–Crippen LogP) is 2.70. The highest BCUT2D eigenvalue weighted by Gasteiger charge is 2.76. The fraction of sp³-hybridized carbons (Fsp3) is 0.844. The largest absolute Gasteiger partial charge is 0.459 e. The SMILES string of the molecule is CC[C@H]1OC(=O)[C@H](C)[C@@H](O)[C@H](C)[C@@H](O)[C@](C)(O)C[C@@H](C)CN(CCCNC(=O)[C@@]2(O)[C@H](C)CC3C4C[C@H](F)C5=CC(=O)C=C[C@]5(C)[C@@]4(F)[C@@H](O)C[C@@]32C)[C@H](C)[C@@H](O)[C@]1(C)O. The maximum atomic E-state index is 17.7. The predicted molar refractivity (Wildman–Crippen MR) is 218 cm³/mol. The first kappa shape index (κ1) is 48.7. The van der Waals surface area contributed by atoms with Crippen LogP contribution in [0, 0.1) is 46.3 Å². The third-order valence-electron chi connectivity index (χ3n) is 16.2. The number of ether oxygens (including phenoxy) is 1. The number of esters is 1. The van der Waals surface area contributed by atoms with E-state index in [0.29, 0.717) is 0 Å². The number of amides is 1. The number of hydrogen-bond acceptors (Lipinski definition) is 12. The Kier molecular flexibility index (Phi) is 13.8. The van der Waals surface area contributed by atoms with Crippen LogP contribution in [0.4, 0.5) is 8.78 Å². The summed E-state index contributed by atoms with van der Waals surface area (Å²) >= 11 is 0. The average molecular weight is 855 g/mol. The molecule has 1 heterocycles. The van der Waals surface area contributed by atoms with Gasteiger partial charge in [-0.25, -0.2) is 8.78 Å². The van der Waals surface area contributed by atoms with Gasteiger partial charge in [-0.3, -0.25) is 19.3 Å². The second-order valence-corrected chi connectivity index (χ2v) is 20.4. The van der Waals surface area contributed by atoms with Gasteiger partial charge in [0.05, 0.1) is 29.8 Å². The fourth-order valence-electron chi connectivity index (χ4n) is 12.5. The number of nitrogens with one attached hydrogen (secondary N) is 1. The second-order valence-electron chi connectivity index (χ2n) is 20.4. The van der Waals surface area contributed by atoms with Crippen molar-refractivity contribution in [2.75, 3.05) is 19.6 Å². The molecule has 2 unspecified atom stereocenters. The van der Waals surface area contributed by atoms with E-state index < -0.39 is 123 Å². The second kappa shape index (κ2) is 17.0. The minimum Gasteiger partial charge on any atom is -0.459 e. The number of rotatable bonds is 6. The van der Waals surface area contributed by atoms with Gasteiger partial charge < -0.3 is 45.8 Å². The van der Waals surface area contributed by atoms with Crippen molar-refractivity contribution in [2.45, 2.75) is 173 Å². The molecule has 5 rings (SSSR count). The molecule has 8 N–H and O–H groups in total. The van der Waals surface area contributed by atoms with E-state index in [1.807, 2.05) is 11.8 Å². The number of carbonyl (C=O) groups excluding carboxylic acids is 3. The van der Waals surface area contributed by atoms with Gasteiger partial charge in [0.2, 0.25) is 0 Å². The van der Waals surface area contributed by atoms with Crippen LogP contribution in [0.1, 0.15) is 108 Å². The minimum absolute atomic E-state index is 0.00498. The van der Waals surface area contributed by atoms with Crippen molar-refractivity contribution in [1.82, 2.24) is 10.2 Å². The number of aliphatic hydroxyl groups is 7. The molecule has 60 heavy (non-hydrogen) atoms. The van der Waals surface area contributed by atoms with E-state index in [-0.39, 0.29) is 69.7 Å². The lowest BCUT2D eigenvalue weighted by Gasteiger charge is -2.63. The number of alkyl halides is 2. The molecule has 1 amide bonds. The highest BCUT2D eigenvalue weighted by molar-refractivity contribution is 6.01. The molecule has 13 nitrogen and oxygen atoms in total. The van der Waals surface area contributed by atoms with Crippen LogP contribution in [0.3, 0.4) is 0 Å². The molecule has 4 fully saturated rings. The van der Waals surface area contributed by atoms with Crippen LogP contribution in [0.2, 0.25) is 0 Å². The van der Waals surface area contributed by atoms with E-state index in [2.05, 4.69) is 5.32 Å². The zero-order chi connectivity index (χ0) is 45.3. The van der Waals surface area contributed by atoms with Crippen LogP contribution in [-0.4, -0.2) is 143 Å². The monoisotopic (exact) mass is 855 g/mol. The van der Waals surface area contributed by atoms with Crippen LogP contribution in [-0.2, 0) is 19.1 Å². The summed E-state index contributed by atoms with van der Waals surface area (Å²) < 4.78 is 39.2. The quantitative estimate of drug-likeness (QED) is 0.143. The molecule has 0 aromatic carbocycles. The lowest BCUT2D eigenvalue weighted by atomic mass is 9.44. The van der Waals surface area contributed by atoms with E-state index in [4.69, 9.17) is 4.74 Å². The van der Waals surface area contributed by atoms with E-state index in [0.717, 1.165) is 6.08 Å². The van der Waals surface area contributed by atoms with Crippen LogP contribution in [0.5, 0.6) is 0 Å². The van der Waals surface area contributed by atoms with Crippen LogP contribution in [0.15, 0.2) is 23.8 Å². The van der Waals surface area contributed by atoms with Crippen molar-refractivity contribution in [3.63, 3.8) is 0 Å². The van der Waals surface area contributed by atoms with Crippen molar-refractivity contribution in [3.05, 3.63) is 23.8 Å². The van der Waals surface area contributed by atoms with Crippen molar-refractivity contribution in [1.29, 1.82) is 0 Å².